The molecule has 2 aromatic rings. The molecule has 2 heterocycles. The summed E-state index contributed by atoms with van der Waals surface area (Å²) in [6.45, 7) is 4.40. The van der Waals surface area contributed by atoms with Crippen LogP contribution in [0.25, 0.3) is 0 Å². The minimum Gasteiger partial charge on any atom is -0.497 e. The van der Waals surface area contributed by atoms with Crippen molar-refractivity contribution < 1.29 is 14.3 Å². The fourth-order valence-electron chi connectivity index (χ4n) is 3.58. The average molecular weight is 413 g/mol. The van der Waals surface area contributed by atoms with Crippen molar-refractivity contribution in [3.05, 3.63) is 48.0 Å². The van der Waals surface area contributed by atoms with Gasteiger partial charge in [-0.2, -0.15) is 0 Å². The molecule has 2 aromatic carbocycles. The zero-order chi connectivity index (χ0) is 20.4. The number of methoxy groups -OCH3 is 1. The van der Waals surface area contributed by atoms with Crippen LogP contribution in [0.3, 0.4) is 0 Å². The molecule has 0 spiro atoms. The third-order valence-electron chi connectivity index (χ3n) is 5.08. The van der Waals surface area contributed by atoms with Crippen molar-refractivity contribution in [2.24, 2.45) is 0 Å². The van der Waals surface area contributed by atoms with Gasteiger partial charge in [0.15, 0.2) is 5.50 Å². The minimum absolute atomic E-state index is 0.0432. The first-order valence-electron chi connectivity index (χ1n) is 9.56. The van der Waals surface area contributed by atoms with Crippen LogP contribution in [-0.2, 0) is 4.79 Å². The number of fused-ring (bicyclic) bond motifs is 1. The lowest BCUT2D eigenvalue weighted by Crippen LogP contribution is -2.48. The number of nitrogens with one attached hydrogen (secondary N) is 2. The number of piperazine rings is 1. The quantitative estimate of drug-likeness (QED) is 0.804. The van der Waals surface area contributed by atoms with E-state index in [2.05, 4.69) is 21.6 Å². The standard InChI is InChI=1S/C21H24N4O3S/c1-14(26)22-21-23-18-7-6-15(12-19(18)29-21)20(27)25-10-8-24(9-11-25)16-4-3-5-17(13-16)28-2/h3-7,12-13,21,23H,8-11H2,1-2H3,(H,22,26). The predicted octanol–water partition coefficient (Wildman–Crippen LogP) is 2.59. The molecule has 1 atom stereocenters. The number of thioether (sulfide) groups is 1. The first-order valence-corrected chi connectivity index (χ1v) is 10.4. The summed E-state index contributed by atoms with van der Waals surface area (Å²) in [5, 5.41) is 6.07. The fourth-order valence-corrected chi connectivity index (χ4v) is 4.69. The summed E-state index contributed by atoms with van der Waals surface area (Å²) in [4.78, 5) is 29.4. The molecule has 0 aliphatic carbocycles. The van der Waals surface area contributed by atoms with E-state index in [1.165, 1.54) is 18.7 Å². The molecule has 1 unspecified atom stereocenters. The van der Waals surface area contributed by atoms with Gasteiger partial charge in [0.2, 0.25) is 5.91 Å². The molecule has 2 amide bonds. The Hall–Kier alpha value is -2.87. The van der Waals surface area contributed by atoms with Crippen molar-refractivity contribution in [1.82, 2.24) is 10.2 Å². The molecule has 2 N–H and O–H groups in total. The topological polar surface area (TPSA) is 73.9 Å². The highest BCUT2D eigenvalue weighted by atomic mass is 32.2. The predicted molar refractivity (Wildman–Crippen MR) is 115 cm³/mol. The number of hydrogen-bond acceptors (Lipinski definition) is 6. The lowest BCUT2D eigenvalue weighted by atomic mass is 10.1. The van der Waals surface area contributed by atoms with Crippen molar-refractivity contribution in [3.8, 4) is 5.75 Å². The van der Waals surface area contributed by atoms with Crippen LogP contribution >= 0.6 is 11.8 Å². The molecule has 152 valence electrons. The van der Waals surface area contributed by atoms with Crippen molar-refractivity contribution in [3.63, 3.8) is 0 Å². The molecule has 2 aliphatic heterocycles. The van der Waals surface area contributed by atoms with Gasteiger partial charge in [0, 0.05) is 55.3 Å². The van der Waals surface area contributed by atoms with Gasteiger partial charge in [0.25, 0.3) is 5.91 Å². The lowest BCUT2D eigenvalue weighted by molar-refractivity contribution is -0.119. The van der Waals surface area contributed by atoms with Gasteiger partial charge in [-0.05, 0) is 30.3 Å². The van der Waals surface area contributed by atoms with Crippen LogP contribution in [0.5, 0.6) is 5.75 Å². The van der Waals surface area contributed by atoms with Gasteiger partial charge in [-0.15, -0.1) is 0 Å². The van der Waals surface area contributed by atoms with E-state index in [1.54, 1.807) is 7.11 Å². The Bertz CT molecular complexity index is 928. The molecular weight excluding hydrogens is 388 g/mol. The summed E-state index contributed by atoms with van der Waals surface area (Å²) in [6.07, 6.45) is 0. The normalized spacial score (nSPS) is 18.1. The highest BCUT2D eigenvalue weighted by Gasteiger charge is 2.26. The summed E-state index contributed by atoms with van der Waals surface area (Å²) >= 11 is 1.51. The molecule has 0 bridgehead atoms. The van der Waals surface area contributed by atoms with Gasteiger partial charge in [-0.1, -0.05) is 17.8 Å². The van der Waals surface area contributed by atoms with E-state index in [1.807, 2.05) is 41.3 Å². The summed E-state index contributed by atoms with van der Waals surface area (Å²) in [5.74, 6) is 0.789. The average Bonchev–Trinajstić information content (AvgIpc) is 3.14. The van der Waals surface area contributed by atoms with Crippen molar-refractivity contribution in [1.29, 1.82) is 0 Å². The van der Waals surface area contributed by atoms with Crippen molar-refractivity contribution >= 4 is 35.0 Å². The van der Waals surface area contributed by atoms with Crippen LogP contribution < -0.4 is 20.3 Å². The number of anilines is 2. The highest BCUT2D eigenvalue weighted by molar-refractivity contribution is 8.00. The zero-order valence-electron chi connectivity index (χ0n) is 16.5. The lowest BCUT2D eigenvalue weighted by Gasteiger charge is -2.36. The van der Waals surface area contributed by atoms with E-state index in [9.17, 15) is 9.59 Å². The third-order valence-corrected chi connectivity index (χ3v) is 6.14. The maximum absolute atomic E-state index is 13.0. The molecule has 0 radical (unpaired) electrons. The molecule has 8 heteroatoms. The molecule has 1 fully saturated rings. The van der Waals surface area contributed by atoms with Crippen LogP contribution in [0.4, 0.5) is 11.4 Å². The largest absolute Gasteiger partial charge is 0.497 e. The van der Waals surface area contributed by atoms with Crippen molar-refractivity contribution in [2.75, 3.05) is 43.5 Å². The molecule has 29 heavy (non-hydrogen) atoms. The highest BCUT2D eigenvalue weighted by Crippen LogP contribution is 2.38. The van der Waals surface area contributed by atoms with Crippen LogP contribution in [0, 0.1) is 0 Å². The third kappa shape index (κ3) is 4.27. The zero-order valence-corrected chi connectivity index (χ0v) is 17.3. The molecule has 1 saturated heterocycles. The van der Waals surface area contributed by atoms with Crippen LogP contribution in [0.15, 0.2) is 47.4 Å². The molecule has 2 aliphatic rings. The number of rotatable bonds is 4. The van der Waals surface area contributed by atoms with Crippen LogP contribution in [-0.4, -0.2) is 55.5 Å². The van der Waals surface area contributed by atoms with Gasteiger partial charge in [0.05, 0.1) is 12.8 Å². The van der Waals surface area contributed by atoms with E-state index in [0.29, 0.717) is 18.7 Å². The van der Waals surface area contributed by atoms with Gasteiger partial charge in [-0.25, -0.2) is 0 Å². The summed E-state index contributed by atoms with van der Waals surface area (Å²) in [6, 6.07) is 13.7. The van der Waals surface area contributed by atoms with E-state index >= 15 is 0 Å². The Morgan fingerprint density at radius 2 is 1.93 bits per heavy atom. The molecule has 0 saturated carbocycles. The molecular formula is C21H24N4O3S. The smallest absolute Gasteiger partial charge is 0.254 e. The Morgan fingerprint density at radius 1 is 1.14 bits per heavy atom. The maximum atomic E-state index is 13.0. The second-order valence-electron chi connectivity index (χ2n) is 7.03. The van der Waals surface area contributed by atoms with E-state index < -0.39 is 0 Å². The number of carbonyl (C=O) groups is 2. The van der Waals surface area contributed by atoms with Gasteiger partial charge >= 0.3 is 0 Å². The number of ether oxygens (including phenoxy) is 1. The summed E-state index contributed by atoms with van der Waals surface area (Å²) in [7, 11) is 1.67. The Kier molecular flexibility index (Phi) is 5.53. The second-order valence-corrected chi connectivity index (χ2v) is 8.18. The number of amides is 2. The van der Waals surface area contributed by atoms with E-state index in [4.69, 9.17) is 4.74 Å². The van der Waals surface area contributed by atoms with Crippen LogP contribution in [0.1, 0.15) is 17.3 Å². The number of nitrogens with zero attached hydrogens (tertiary/aromatic N) is 2. The monoisotopic (exact) mass is 412 g/mol. The van der Waals surface area contributed by atoms with Crippen LogP contribution in [0.2, 0.25) is 0 Å². The first kappa shape index (κ1) is 19.4. The van der Waals surface area contributed by atoms with Gasteiger partial charge < -0.3 is 25.2 Å². The first-order chi connectivity index (χ1) is 14.0. The second kappa shape index (κ2) is 8.24. The number of benzene rings is 2. The van der Waals surface area contributed by atoms with Gasteiger partial charge in [0.1, 0.15) is 5.75 Å². The van der Waals surface area contributed by atoms with E-state index in [0.717, 1.165) is 35.1 Å². The number of hydrogen-bond donors (Lipinski definition) is 2. The fraction of sp³-hybridized carbons (Fsp3) is 0.333. The summed E-state index contributed by atoms with van der Waals surface area (Å²) in [5.41, 5.74) is 2.53. The summed E-state index contributed by atoms with van der Waals surface area (Å²) < 4.78 is 5.31. The SMILES string of the molecule is COc1cccc(N2CCN(C(=O)c3ccc4c(c3)SC(NC(C)=O)N4)CC2)c1. The Balaban J connectivity index is 1.39. The Labute approximate surface area is 174 Å². The molecule has 7 nitrogen and oxygen atoms in total. The maximum Gasteiger partial charge on any atom is 0.254 e. The van der Waals surface area contributed by atoms with Crippen molar-refractivity contribution in [2.45, 2.75) is 17.3 Å². The minimum atomic E-state index is -0.195. The molecule has 0 aromatic heterocycles. The Morgan fingerprint density at radius 3 is 2.66 bits per heavy atom. The molecule has 4 rings (SSSR count). The van der Waals surface area contributed by atoms with E-state index in [-0.39, 0.29) is 17.3 Å². The van der Waals surface area contributed by atoms with Gasteiger partial charge in [-0.3, -0.25) is 9.59 Å². The number of carbonyl (C=O) groups excluding carboxylic acids is 2.